The van der Waals surface area contributed by atoms with Gasteiger partial charge in [-0.1, -0.05) is 0 Å². The van der Waals surface area contributed by atoms with Crippen LogP contribution in [0.15, 0.2) is 24.4 Å². The number of fused-ring (bicyclic) bond motifs is 1. The van der Waals surface area contributed by atoms with Crippen LogP contribution in [0.1, 0.15) is 45.1 Å². The van der Waals surface area contributed by atoms with E-state index in [2.05, 4.69) is 23.9 Å². The summed E-state index contributed by atoms with van der Waals surface area (Å²) in [5.41, 5.74) is 8.74. The monoisotopic (exact) mass is 329 g/mol. The van der Waals surface area contributed by atoms with Crippen molar-refractivity contribution in [2.75, 3.05) is 18.8 Å². The Morgan fingerprint density at radius 3 is 2.79 bits per heavy atom. The molecule has 0 saturated carbocycles. The van der Waals surface area contributed by atoms with Gasteiger partial charge in [-0.3, -0.25) is 0 Å². The number of rotatable bonds is 1. The van der Waals surface area contributed by atoms with Crippen LogP contribution in [-0.4, -0.2) is 34.3 Å². The molecule has 1 aliphatic rings. The molecule has 1 aromatic heterocycles. The van der Waals surface area contributed by atoms with E-state index < -0.39 is 5.60 Å². The van der Waals surface area contributed by atoms with Gasteiger partial charge in [0, 0.05) is 48.8 Å². The molecule has 1 aliphatic heterocycles. The molecule has 24 heavy (non-hydrogen) atoms. The van der Waals surface area contributed by atoms with Crippen LogP contribution in [0.3, 0.4) is 0 Å². The number of piperidine rings is 1. The predicted octanol–water partition coefficient (Wildman–Crippen LogP) is 3.88. The van der Waals surface area contributed by atoms with Crippen molar-refractivity contribution in [1.82, 2.24) is 9.47 Å². The number of carbonyl (C=O) groups is 1. The summed E-state index contributed by atoms with van der Waals surface area (Å²) in [6.45, 7) is 7.17. The summed E-state index contributed by atoms with van der Waals surface area (Å²) in [5.74, 6) is 0.316. The maximum atomic E-state index is 12.4. The van der Waals surface area contributed by atoms with Crippen LogP contribution in [0, 0.1) is 0 Å². The topological polar surface area (TPSA) is 60.5 Å². The second kappa shape index (κ2) is 6.04. The number of benzene rings is 1. The lowest BCUT2D eigenvalue weighted by molar-refractivity contribution is 0.0198. The molecule has 5 nitrogen and oxygen atoms in total. The number of aromatic nitrogens is 1. The fourth-order valence-electron chi connectivity index (χ4n) is 3.49. The first-order valence-electron chi connectivity index (χ1n) is 8.57. The van der Waals surface area contributed by atoms with Crippen molar-refractivity contribution < 1.29 is 9.53 Å². The van der Waals surface area contributed by atoms with Gasteiger partial charge in [-0.25, -0.2) is 4.79 Å². The van der Waals surface area contributed by atoms with Crippen molar-refractivity contribution in [3.63, 3.8) is 0 Å². The molecular formula is C19H27N3O2. The first-order chi connectivity index (χ1) is 11.2. The molecule has 1 fully saturated rings. The molecule has 130 valence electrons. The summed E-state index contributed by atoms with van der Waals surface area (Å²) in [6, 6.07) is 6.03. The number of likely N-dealkylation sites (tertiary alicyclic amines) is 1. The van der Waals surface area contributed by atoms with Crippen LogP contribution < -0.4 is 5.73 Å². The number of ether oxygens (including phenoxy) is 1. The number of amides is 1. The van der Waals surface area contributed by atoms with E-state index in [0.717, 1.165) is 25.1 Å². The van der Waals surface area contributed by atoms with Crippen molar-refractivity contribution in [3.8, 4) is 0 Å². The molecule has 1 unspecified atom stereocenters. The lowest BCUT2D eigenvalue weighted by atomic mass is 9.90. The standard InChI is InChI=1S/C19H27N3O2/c1-19(2,3)24-18(23)22-9-5-6-13(11-22)16-12-21(4)17-8-7-14(20)10-15(16)17/h7-8,10,12-13H,5-6,9,11,20H2,1-4H3. The second-order valence-electron chi connectivity index (χ2n) is 7.74. The van der Waals surface area contributed by atoms with Gasteiger partial charge >= 0.3 is 6.09 Å². The minimum Gasteiger partial charge on any atom is -0.444 e. The Bertz CT molecular complexity index is 758. The van der Waals surface area contributed by atoms with Gasteiger partial charge in [0.2, 0.25) is 0 Å². The predicted molar refractivity (Wildman–Crippen MR) is 97.1 cm³/mol. The second-order valence-corrected chi connectivity index (χ2v) is 7.74. The zero-order chi connectivity index (χ0) is 17.5. The van der Waals surface area contributed by atoms with E-state index in [1.54, 1.807) is 0 Å². The molecule has 2 heterocycles. The molecule has 1 saturated heterocycles. The van der Waals surface area contributed by atoms with Gasteiger partial charge in [-0.05, 0) is 57.4 Å². The summed E-state index contributed by atoms with van der Waals surface area (Å²) in [7, 11) is 2.05. The summed E-state index contributed by atoms with van der Waals surface area (Å²) < 4.78 is 7.67. The average Bonchev–Trinajstić information content (AvgIpc) is 2.82. The average molecular weight is 329 g/mol. The van der Waals surface area contributed by atoms with E-state index in [9.17, 15) is 4.79 Å². The van der Waals surface area contributed by atoms with E-state index in [4.69, 9.17) is 10.5 Å². The Morgan fingerprint density at radius 2 is 2.08 bits per heavy atom. The fourth-order valence-corrected chi connectivity index (χ4v) is 3.49. The number of hydrogen-bond donors (Lipinski definition) is 1. The Labute approximate surface area is 143 Å². The molecule has 1 atom stereocenters. The number of hydrogen-bond acceptors (Lipinski definition) is 3. The quantitative estimate of drug-likeness (QED) is 0.808. The van der Waals surface area contributed by atoms with Crippen molar-refractivity contribution in [1.29, 1.82) is 0 Å². The van der Waals surface area contributed by atoms with E-state index in [0.29, 0.717) is 12.5 Å². The van der Waals surface area contributed by atoms with Gasteiger partial charge in [-0.2, -0.15) is 0 Å². The van der Waals surface area contributed by atoms with Crippen molar-refractivity contribution >= 4 is 22.7 Å². The van der Waals surface area contributed by atoms with E-state index in [1.165, 1.54) is 16.5 Å². The van der Waals surface area contributed by atoms with Gasteiger partial charge in [-0.15, -0.1) is 0 Å². The zero-order valence-corrected chi connectivity index (χ0v) is 15.0. The third kappa shape index (κ3) is 3.35. The van der Waals surface area contributed by atoms with E-state index in [1.807, 2.05) is 37.8 Å². The highest BCUT2D eigenvalue weighted by Gasteiger charge is 2.29. The summed E-state index contributed by atoms with van der Waals surface area (Å²) in [6.07, 6.45) is 4.02. The van der Waals surface area contributed by atoms with E-state index in [-0.39, 0.29) is 6.09 Å². The Hall–Kier alpha value is -2.17. The largest absolute Gasteiger partial charge is 0.444 e. The summed E-state index contributed by atoms with van der Waals surface area (Å²) in [4.78, 5) is 14.2. The number of nitrogens with zero attached hydrogens (tertiary/aromatic N) is 2. The van der Waals surface area contributed by atoms with Gasteiger partial charge in [0.15, 0.2) is 0 Å². The van der Waals surface area contributed by atoms with E-state index >= 15 is 0 Å². The molecule has 0 bridgehead atoms. The lowest BCUT2D eigenvalue weighted by Gasteiger charge is -2.34. The Morgan fingerprint density at radius 1 is 1.33 bits per heavy atom. The third-order valence-corrected chi connectivity index (χ3v) is 4.56. The lowest BCUT2D eigenvalue weighted by Crippen LogP contribution is -2.42. The highest BCUT2D eigenvalue weighted by molar-refractivity contribution is 5.87. The molecular weight excluding hydrogens is 302 g/mol. The molecule has 0 radical (unpaired) electrons. The van der Waals surface area contributed by atoms with Crippen LogP contribution in [-0.2, 0) is 11.8 Å². The molecule has 2 aromatic rings. The molecule has 2 N–H and O–H groups in total. The molecule has 1 amide bonds. The van der Waals surface area contributed by atoms with Crippen LogP contribution in [0.4, 0.5) is 10.5 Å². The normalized spacial score (nSPS) is 18.8. The number of nitrogens with two attached hydrogens (primary N) is 1. The van der Waals surface area contributed by atoms with Crippen LogP contribution in [0.2, 0.25) is 0 Å². The molecule has 0 aliphatic carbocycles. The fraction of sp³-hybridized carbons (Fsp3) is 0.526. The van der Waals surface area contributed by atoms with Gasteiger partial charge in [0.25, 0.3) is 0 Å². The minimum atomic E-state index is -0.460. The molecule has 0 spiro atoms. The number of nitrogen functional groups attached to an aromatic ring is 1. The maximum absolute atomic E-state index is 12.4. The van der Waals surface area contributed by atoms with Gasteiger partial charge in [0.1, 0.15) is 5.60 Å². The van der Waals surface area contributed by atoms with Crippen molar-refractivity contribution in [2.45, 2.75) is 45.1 Å². The number of aryl methyl sites for hydroxylation is 1. The first-order valence-corrected chi connectivity index (χ1v) is 8.57. The van der Waals surface area contributed by atoms with Crippen molar-refractivity contribution in [2.24, 2.45) is 7.05 Å². The van der Waals surface area contributed by atoms with Gasteiger partial charge in [0.05, 0.1) is 0 Å². The number of anilines is 1. The smallest absolute Gasteiger partial charge is 0.410 e. The van der Waals surface area contributed by atoms with Crippen LogP contribution in [0.25, 0.3) is 10.9 Å². The molecule has 1 aromatic carbocycles. The maximum Gasteiger partial charge on any atom is 0.410 e. The van der Waals surface area contributed by atoms with Crippen LogP contribution >= 0.6 is 0 Å². The summed E-state index contributed by atoms with van der Waals surface area (Å²) in [5, 5.41) is 1.19. The van der Waals surface area contributed by atoms with Gasteiger partial charge < -0.3 is 19.9 Å². The first kappa shape index (κ1) is 16.7. The summed E-state index contributed by atoms with van der Waals surface area (Å²) >= 11 is 0. The minimum absolute atomic E-state index is 0.216. The highest BCUT2D eigenvalue weighted by Crippen LogP contribution is 2.34. The number of carbonyl (C=O) groups excluding carboxylic acids is 1. The van der Waals surface area contributed by atoms with Crippen LogP contribution in [0.5, 0.6) is 0 Å². The van der Waals surface area contributed by atoms with Crippen molar-refractivity contribution in [3.05, 3.63) is 30.0 Å². The highest BCUT2D eigenvalue weighted by atomic mass is 16.6. The Balaban J connectivity index is 1.85. The molecule has 3 rings (SSSR count). The molecule has 5 heteroatoms. The SMILES string of the molecule is Cn1cc(C2CCCN(C(=O)OC(C)(C)C)C2)c2cc(N)ccc21. The zero-order valence-electron chi connectivity index (χ0n) is 15.0. The third-order valence-electron chi connectivity index (χ3n) is 4.56. The Kier molecular flexibility index (Phi) is 4.20.